The number of nitrogens with one attached hydrogen (secondary N) is 1. The number of aliphatic hydroxyl groups excluding tert-OH is 1. The van der Waals surface area contributed by atoms with E-state index in [9.17, 15) is 14.7 Å². The van der Waals surface area contributed by atoms with E-state index in [1.807, 2.05) is 45.0 Å². The van der Waals surface area contributed by atoms with Crippen LogP contribution < -0.4 is 5.32 Å². The molecular weight excluding hydrogens is 320 g/mol. The van der Waals surface area contributed by atoms with Gasteiger partial charge >= 0.3 is 12.0 Å². The third kappa shape index (κ3) is 6.74. The summed E-state index contributed by atoms with van der Waals surface area (Å²) in [5.41, 5.74) is 1.74. The summed E-state index contributed by atoms with van der Waals surface area (Å²) in [5.74, 6) is -1.46. The molecule has 0 aliphatic rings. The van der Waals surface area contributed by atoms with E-state index in [1.165, 1.54) is 5.56 Å². The number of carboxylic acids is 1. The van der Waals surface area contributed by atoms with Crippen molar-refractivity contribution < 1.29 is 19.8 Å². The molecular formula is C19H30N2O4. The molecule has 0 bridgehead atoms. The predicted molar refractivity (Wildman–Crippen MR) is 97.5 cm³/mol. The number of rotatable bonds is 9. The zero-order chi connectivity index (χ0) is 19.0. The van der Waals surface area contributed by atoms with Gasteiger partial charge in [0.25, 0.3) is 0 Å². The first-order chi connectivity index (χ1) is 11.7. The van der Waals surface area contributed by atoms with Gasteiger partial charge in [0.2, 0.25) is 0 Å². The molecule has 0 radical (unpaired) electrons. The van der Waals surface area contributed by atoms with Crippen molar-refractivity contribution in [1.29, 1.82) is 0 Å². The molecule has 1 atom stereocenters. The van der Waals surface area contributed by atoms with Gasteiger partial charge in [-0.3, -0.25) is 4.79 Å². The maximum atomic E-state index is 12.4. The Labute approximate surface area is 149 Å². The van der Waals surface area contributed by atoms with Gasteiger partial charge in [0.1, 0.15) is 0 Å². The van der Waals surface area contributed by atoms with Crippen LogP contribution in [0.25, 0.3) is 0 Å². The van der Waals surface area contributed by atoms with Gasteiger partial charge in [-0.1, -0.05) is 50.6 Å². The molecule has 0 fully saturated rings. The highest BCUT2D eigenvalue weighted by Gasteiger charge is 2.32. The molecule has 6 nitrogen and oxygen atoms in total. The second-order valence-electron chi connectivity index (χ2n) is 7.15. The van der Waals surface area contributed by atoms with Crippen LogP contribution in [-0.2, 0) is 11.2 Å². The summed E-state index contributed by atoms with van der Waals surface area (Å²) in [7, 11) is 0. The molecule has 0 saturated heterocycles. The molecule has 25 heavy (non-hydrogen) atoms. The van der Waals surface area contributed by atoms with E-state index in [2.05, 4.69) is 5.32 Å². The molecule has 1 aromatic carbocycles. The molecule has 3 N–H and O–H groups in total. The summed E-state index contributed by atoms with van der Waals surface area (Å²) in [4.78, 5) is 25.1. The van der Waals surface area contributed by atoms with E-state index in [0.717, 1.165) is 5.56 Å². The lowest BCUT2D eigenvalue weighted by Gasteiger charge is -2.31. The van der Waals surface area contributed by atoms with Crippen molar-refractivity contribution in [3.8, 4) is 0 Å². The molecule has 0 aliphatic carbocycles. The highest BCUT2D eigenvalue weighted by molar-refractivity contribution is 5.74. The predicted octanol–water partition coefficient (Wildman–Crippen LogP) is 2.29. The van der Waals surface area contributed by atoms with Crippen molar-refractivity contribution in [2.45, 2.75) is 34.1 Å². The summed E-state index contributed by atoms with van der Waals surface area (Å²) in [5, 5.41) is 21.2. The van der Waals surface area contributed by atoms with Gasteiger partial charge < -0.3 is 20.4 Å². The van der Waals surface area contributed by atoms with Crippen molar-refractivity contribution in [1.82, 2.24) is 10.2 Å². The quantitative estimate of drug-likeness (QED) is 0.637. The minimum absolute atomic E-state index is 0.115. The molecule has 1 aromatic rings. The second kappa shape index (κ2) is 9.42. The Balaban J connectivity index is 2.60. The molecule has 2 amide bonds. The number of hydrogen-bond donors (Lipinski definition) is 3. The Morgan fingerprint density at radius 3 is 2.32 bits per heavy atom. The first-order valence-corrected chi connectivity index (χ1v) is 8.59. The van der Waals surface area contributed by atoms with Crippen LogP contribution in [0.5, 0.6) is 0 Å². The summed E-state index contributed by atoms with van der Waals surface area (Å²) in [6.45, 7) is 8.16. The van der Waals surface area contributed by atoms with Gasteiger partial charge in [0, 0.05) is 19.6 Å². The number of amides is 2. The Hall–Kier alpha value is -2.08. The average Bonchev–Trinajstić information content (AvgIpc) is 2.57. The van der Waals surface area contributed by atoms with Crippen LogP contribution >= 0.6 is 0 Å². The van der Waals surface area contributed by atoms with E-state index in [0.29, 0.717) is 13.0 Å². The standard InChI is InChI=1S/C19H30N2O4/c1-14-5-7-16(8-6-14)9-10-21(11-12-22)18(25)20-13-19(3,4)15(2)17(23)24/h5-8,15,22H,9-13H2,1-4H3,(H,20,25)(H,23,24)/t15-/m1/s1. The Kier molecular flexibility index (Phi) is 7.90. The number of carbonyl (C=O) groups is 2. The van der Waals surface area contributed by atoms with E-state index >= 15 is 0 Å². The number of carbonyl (C=O) groups excluding carboxylic acids is 1. The zero-order valence-corrected chi connectivity index (χ0v) is 15.6. The lowest BCUT2D eigenvalue weighted by atomic mass is 9.80. The Morgan fingerprint density at radius 1 is 1.20 bits per heavy atom. The second-order valence-corrected chi connectivity index (χ2v) is 7.15. The van der Waals surface area contributed by atoms with Gasteiger partial charge in [-0.25, -0.2) is 4.79 Å². The fraction of sp³-hybridized carbons (Fsp3) is 0.579. The number of aliphatic carboxylic acids is 1. The van der Waals surface area contributed by atoms with Crippen LogP contribution in [0.1, 0.15) is 31.9 Å². The monoisotopic (exact) mass is 350 g/mol. The Morgan fingerprint density at radius 2 is 1.80 bits per heavy atom. The molecule has 0 saturated carbocycles. The fourth-order valence-electron chi connectivity index (χ4n) is 2.36. The minimum atomic E-state index is -0.883. The topological polar surface area (TPSA) is 89.9 Å². The molecule has 0 aromatic heterocycles. The van der Waals surface area contributed by atoms with Crippen LogP contribution in [0.2, 0.25) is 0 Å². The van der Waals surface area contributed by atoms with Crippen molar-refractivity contribution >= 4 is 12.0 Å². The number of aliphatic hydroxyl groups is 1. The normalized spacial score (nSPS) is 12.5. The molecule has 0 aliphatic heterocycles. The molecule has 140 valence electrons. The van der Waals surface area contributed by atoms with Crippen LogP contribution in [-0.4, -0.2) is 53.4 Å². The van der Waals surface area contributed by atoms with Crippen LogP contribution in [0.4, 0.5) is 4.79 Å². The average molecular weight is 350 g/mol. The number of carboxylic acid groups (broad SMARTS) is 1. The number of hydrogen-bond acceptors (Lipinski definition) is 3. The van der Waals surface area contributed by atoms with Gasteiger partial charge in [0.05, 0.1) is 12.5 Å². The highest BCUT2D eigenvalue weighted by Crippen LogP contribution is 2.25. The van der Waals surface area contributed by atoms with E-state index in [1.54, 1.807) is 11.8 Å². The summed E-state index contributed by atoms with van der Waals surface area (Å²) >= 11 is 0. The van der Waals surface area contributed by atoms with Gasteiger partial charge in [-0.15, -0.1) is 0 Å². The number of nitrogens with zero attached hydrogens (tertiary/aromatic N) is 1. The molecule has 1 rings (SSSR count). The summed E-state index contributed by atoms with van der Waals surface area (Å²) in [6.07, 6.45) is 0.697. The summed E-state index contributed by atoms with van der Waals surface area (Å²) < 4.78 is 0. The fourth-order valence-corrected chi connectivity index (χ4v) is 2.36. The van der Waals surface area contributed by atoms with Gasteiger partial charge in [-0.05, 0) is 24.3 Å². The van der Waals surface area contributed by atoms with E-state index in [-0.39, 0.29) is 25.7 Å². The van der Waals surface area contributed by atoms with E-state index < -0.39 is 17.3 Å². The van der Waals surface area contributed by atoms with Crippen molar-refractivity contribution in [3.05, 3.63) is 35.4 Å². The maximum absolute atomic E-state index is 12.4. The van der Waals surface area contributed by atoms with E-state index in [4.69, 9.17) is 5.11 Å². The zero-order valence-electron chi connectivity index (χ0n) is 15.6. The molecule has 6 heteroatoms. The number of urea groups is 1. The molecule has 0 heterocycles. The van der Waals surface area contributed by atoms with Crippen LogP contribution in [0.15, 0.2) is 24.3 Å². The Bertz CT molecular complexity index is 569. The van der Waals surface area contributed by atoms with Crippen LogP contribution in [0.3, 0.4) is 0 Å². The third-order valence-corrected chi connectivity index (χ3v) is 4.69. The number of benzene rings is 1. The van der Waals surface area contributed by atoms with Crippen molar-refractivity contribution in [2.75, 3.05) is 26.2 Å². The van der Waals surface area contributed by atoms with Gasteiger partial charge in [0.15, 0.2) is 0 Å². The number of aryl methyl sites for hydroxylation is 1. The first kappa shape index (κ1) is 21.0. The maximum Gasteiger partial charge on any atom is 0.317 e. The lowest BCUT2D eigenvalue weighted by Crippen LogP contribution is -2.47. The SMILES string of the molecule is Cc1ccc(CCN(CCO)C(=O)NCC(C)(C)[C@H](C)C(=O)O)cc1. The smallest absolute Gasteiger partial charge is 0.317 e. The van der Waals surface area contributed by atoms with Gasteiger partial charge in [-0.2, -0.15) is 0 Å². The summed E-state index contributed by atoms with van der Waals surface area (Å²) in [6, 6.07) is 7.83. The minimum Gasteiger partial charge on any atom is -0.481 e. The third-order valence-electron chi connectivity index (χ3n) is 4.69. The highest BCUT2D eigenvalue weighted by atomic mass is 16.4. The van der Waals surface area contributed by atoms with Crippen molar-refractivity contribution in [3.63, 3.8) is 0 Å². The van der Waals surface area contributed by atoms with Crippen molar-refractivity contribution in [2.24, 2.45) is 11.3 Å². The molecule has 0 spiro atoms. The van der Waals surface area contributed by atoms with Crippen LogP contribution in [0, 0.1) is 18.3 Å². The largest absolute Gasteiger partial charge is 0.481 e. The molecule has 0 unspecified atom stereocenters. The first-order valence-electron chi connectivity index (χ1n) is 8.59. The lowest BCUT2D eigenvalue weighted by molar-refractivity contribution is -0.144.